The molecule has 3 heteroatoms. The van der Waals surface area contributed by atoms with Gasteiger partial charge in [-0.1, -0.05) is 47.6 Å². The standard InChI is InChI=1S/C18H26N2O/c1-14(2)8-7-9-15(3)12-18(21)20-13-17(19)16-10-5-4-6-11-16/h4-6,8,10-12,17H,7,9,13,19H2,1-3H3,(H,20,21)/b15-12+/t17-/m1/s1. The Bertz CT molecular complexity index is 499. The van der Waals surface area contributed by atoms with E-state index < -0.39 is 0 Å². The fourth-order valence-electron chi connectivity index (χ4n) is 1.96. The Morgan fingerprint density at radius 2 is 1.90 bits per heavy atom. The molecule has 0 aliphatic rings. The van der Waals surface area contributed by atoms with Crippen LogP contribution in [-0.4, -0.2) is 12.5 Å². The van der Waals surface area contributed by atoms with E-state index in [9.17, 15) is 4.79 Å². The van der Waals surface area contributed by atoms with Gasteiger partial charge in [-0.15, -0.1) is 0 Å². The van der Waals surface area contributed by atoms with Crippen molar-refractivity contribution in [3.63, 3.8) is 0 Å². The lowest BCUT2D eigenvalue weighted by atomic mass is 10.1. The van der Waals surface area contributed by atoms with Crippen LogP contribution in [0, 0.1) is 0 Å². The Morgan fingerprint density at radius 1 is 1.24 bits per heavy atom. The summed E-state index contributed by atoms with van der Waals surface area (Å²) < 4.78 is 0. The van der Waals surface area contributed by atoms with Crippen molar-refractivity contribution >= 4 is 5.91 Å². The minimum atomic E-state index is -0.172. The van der Waals surface area contributed by atoms with E-state index in [1.807, 2.05) is 37.3 Å². The van der Waals surface area contributed by atoms with Crippen molar-refractivity contribution in [3.8, 4) is 0 Å². The maximum atomic E-state index is 11.8. The summed E-state index contributed by atoms with van der Waals surface area (Å²) >= 11 is 0. The van der Waals surface area contributed by atoms with Crippen LogP contribution in [-0.2, 0) is 4.79 Å². The van der Waals surface area contributed by atoms with Gasteiger partial charge in [0.05, 0.1) is 0 Å². The highest BCUT2D eigenvalue weighted by molar-refractivity contribution is 5.88. The summed E-state index contributed by atoms with van der Waals surface area (Å²) in [4.78, 5) is 11.8. The number of hydrogen-bond donors (Lipinski definition) is 2. The predicted octanol–water partition coefficient (Wildman–Crippen LogP) is 3.50. The summed E-state index contributed by atoms with van der Waals surface area (Å²) in [6.07, 6.45) is 5.72. The fourth-order valence-corrected chi connectivity index (χ4v) is 1.96. The van der Waals surface area contributed by atoms with Gasteiger partial charge in [0.15, 0.2) is 0 Å². The first kappa shape index (κ1) is 17.2. The van der Waals surface area contributed by atoms with E-state index in [-0.39, 0.29) is 11.9 Å². The summed E-state index contributed by atoms with van der Waals surface area (Å²) in [5.74, 6) is -0.0731. The number of allylic oxidation sites excluding steroid dienone is 3. The predicted molar refractivity (Wildman–Crippen MR) is 88.8 cm³/mol. The molecule has 0 saturated carbocycles. The number of nitrogens with two attached hydrogens (primary N) is 1. The molecule has 114 valence electrons. The summed E-state index contributed by atoms with van der Waals surface area (Å²) in [6, 6.07) is 9.62. The Hall–Kier alpha value is -1.87. The molecule has 3 nitrogen and oxygen atoms in total. The molecule has 0 aliphatic heterocycles. The van der Waals surface area contributed by atoms with Crippen molar-refractivity contribution in [2.45, 2.75) is 39.7 Å². The van der Waals surface area contributed by atoms with Gasteiger partial charge in [-0.3, -0.25) is 4.79 Å². The third kappa shape index (κ3) is 7.47. The molecule has 1 atom stereocenters. The second-order valence-corrected chi connectivity index (χ2v) is 5.57. The molecule has 21 heavy (non-hydrogen) atoms. The Morgan fingerprint density at radius 3 is 2.52 bits per heavy atom. The van der Waals surface area contributed by atoms with Crippen LogP contribution in [0.2, 0.25) is 0 Å². The topological polar surface area (TPSA) is 55.1 Å². The van der Waals surface area contributed by atoms with Crippen molar-refractivity contribution in [1.82, 2.24) is 5.32 Å². The van der Waals surface area contributed by atoms with Gasteiger partial charge < -0.3 is 11.1 Å². The van der Waals surface area contributed by atoms with E-state index in [1.165, 1.54) is 5.57 Å². The molecule has 0 spiro atoms. The third-order valence-corrected chi connectivity index (χ3v) is 3.19. The SMILES string of the molecule is CC(C)=CCC/C(C)=C/C(=O)NC[C@@H](N)c1ccccc1. The van der Waals surface area contributed by atoms with Gasteiger partial charge in [-0.2, -0.15) is 0 Å². The zero-order valence-corrected chi connectivity index (χ0v) is 13.2. The van der Waals surface area contributed by atoms with Gasteiger partial charge in [0.25, 0.3) is 0 Å². The van der Waals surface area contributed by atoms with Gasteiger partial charge in [-0.05, 0) is 39.2 Å². The monoisotopic (exact) mass is 286 g/mol. The minimum absolute atomic E-state index is 0.0731. The van der Waals surface area contributed by atoms with Crippen molar-refractivity contribution in [2.24, 2.45) is 5.73 Å². The lowest BCUT2D eigenvalue weighted by molar-refractivity contribution is -0.116. The Balaban J connectivity index is 2.38. The molecule has 1 aromatic rings. The van der Waals surface area contributed by atoms with Gasteiger partial charge in [0.2, 0.25) is 5.91 Å². The molecule has 0 aromatic heterocycles. The minimum Gasteiger partial charge on any atom is -0.351 e. The average Bonchev–Trinajstić information content (AvgIpc) is 2.45. The number of nitrogens with one attached hydrogen (secondary N) is 1. The number of amides is 1. The van der Waals surface area contributed by atoms with E-state index in [1.54, 1.807) is 6.08 Å². The molecular weight excluding hydrogens is 260 g/mol. The number of carbonyl (C=O) groups is 1. The average molecular weight is 286 g/mol. The van der Waals surface area contributed by atoms with Gasteiger partial charge in [0, 0.05) is 18.7 Å². The van der Waals surface area contributed by atoms with E-state index in [0.717, 1.165) is 24.0 Å². The van der Waals surface area contributed by atoms with Crippen LogP contribution in [0.3, 0.4) is 0 Å². The zero-order valence-electron chi connectivity index (χ0n) is 13.2. The number of benzene rings is 1. The molecule has 1 aromatic carbocycles. The van der Waals surface area contributed by atoms with Crippen LogP contribution in [0.25, 0.3) is 0 Å². The number of carbonyl (C=O) groups excluding carboxylic acids is 1. The quantitative estimate of drug-likeness (QED) is 0.595. The highest BCUT2D eigenvalue weighted by atomic mass is 16.1. The largest absolute Gasteiger partial charge is 0.351 e. The van der Waals surface area contributed by atoms with Gasteiger partial charge >= 0.3 is 0 Å². The fraction of sp³-hybridized carbons (Fsp3) is 0.389. The number of hydrogen-bond acceptors (Lipinski definition) is 2. The second-order valence-electron chi connectivity index (χ2n) is 5.57. The van der Waals surface area contributed by atoms with Crippen LogP contribution >= 0.6 is 0 Å². The third-order valence-electron chi connectivity index (χ3n) is 3.19. The van der Waals surface area contributed by atoms with Crippen LogP contribution in [0.5, 0.6) is 0 Å². The molecule has 0 fully saturated rings. The highest BCUT2D eigenvalue weighted by Crippen LogP contribution is 2.09. The lowest BCUT2D eigenvalue weighted by Crippen LogP contribution is -2.30. The van der Waals surface area contributed by atoms with E-state index in [2.05, 4.69) is 25.2 Å². The summed E-state index contributed by atoms with van der Waals surface area (Å²) in [6.45, 7) is 6.59. The lowest BCUT2D eigenvalue weighted by Gasteiger charge is -2.12. The van der Waals surface area contributed by atoms with E-state index in [0.29, 0.717) is 6.54 Å². The smallest absolute Gasteiger partial charge is 0.243 e. The summed E-state index contributed by atoms with van der Waals surface area (Å²) in [5.41, 5.74) is 9.46. The highest BCUT2D eigenvalue weighted by Gasteiger charge is 2.06. The molecule has 1 amide bonds. The van der Waals surface area contributed by atoms with Gasteiger partial charge in [0.1, 0.15) is 0 Å². The number of rotatable bonds is 7. The molecule has 0 bridgehead atoms. The molecule has 0 heterocycles. The maximum Gasteiger partial charge on any atom is 0.243 e. The second kappa shape index (κ2) is 9.14. The summed E-state index contributed by atoms with van der Waals surface area (Å²) in [5, 5.41) is 2.86. The first-order valence-corrected chi connectivity index (χ1v) is 7.38. The molecule has 0 radical (unpaired) electrons. The molecule has 3 N–H and O–H groups in total. The van der Waals surface area contributed by atoms with Gasteiger partial charge in [-0.25, -0.2) is 0 Å². The van der Waals surface area contributed by atoms with Crippen LogP contribution < -0.4 is 11.1 Å². The summed E-state index contributed by atoms with van der Waals surface area (Å²) in [7, 11) is 0. The Labute approximate surface area is 127 Å². The molecule has 1 rings (SSSR count). The van der Waals surface area contributed by atoms with Crippen LogP contribution in [0.4, 0.5) is 0 Å². The molecule has 0 unspecified atom stereocenters. The molecule has 0 saturated heterocycles. The van der Waals surface area contributed by atoms with Crippen molar-refractivity contribution in [1.29, 1.82) is 0 Å². The van der Waals surface area contributed by atoms with Crippen molar-refractivity contribution in [3.05, 3.63) is 59.2 Å². The van der Waals surface area contributed by atoms with Crippen LogP contribution in [0.1, 0.15) is 45.2 Å². The van der Waals surface area contributed by atoms with Crippen molar-refractivity contribution in [2.75, 3.05) is 6.54 Å². The first-order valence-electron chi connectivity index (χ1n) is 7.38. The first-order chi connectivity index (χ1) is 9.99. The zero-order chi connectivity index (χ0) is 15.7. The molecule has 0 aliphatic carbocycles. The van der Waals surface area contributed by atoms with Crippen molar-refractivity contribution < 1.29 is 4.79 Å². The molecular formula is C18H26N2O. The maximum absolute atomic E-state index is 11.8. The Kier molecular flexibility index (Phi) is 7.48. The van der Waals surface area contributed by atoms with Crippen LogP contribution in [0.15, 0.2) is 53.6 Å². The van der Waals surface area contributed by atoms with E-state index >= 15 is 0 Å². The normalized spacial score (nSPS) is 12.7. The van der Waals surface area contributed by atoms with E-state index in [4.69, 9.17) is 5.73 Å².